The average molecular weight is 344 g/mol. The maximum atomic E-state index is 13.0. The van der Waals surface area contributed by atoms with Gasteiger partial charge in [-0.1, -0.05) is 18.2 Å². The molecule has 100 valence electrons. The van der Waals surface area contributed by atoms with Crippen LogP contribution in [0.5, 0.6) is 0 Å². The van der Waals surface area contributed by atoms with Crippen LogP contribution in [0.2, 0.25) is 0 Å². The summed E-state index contributed by atoms with van der Waals surface area (Å²) in [6.45, 7) is 0. The number of anilines is 1. The topological polar surface area (TPSA) is 37.4 Å². The molecule has 0 saturated heterocycles. The molecule has 2 aromatic rings. The van der Waals surface area contributed by atoms with Crippen molar-refractivity contribution < 1.29 is 12.8 Å². The first kappa shape index (κ1) is 14.0. The number of sulfonamides is 1. The predicted molar refractivity (Wildman–Crippen MR) is 76.1 cm³/mol. The van der Waals surface area contributed by atoms with E-state index >= 15 is 0 Å². The van der Waals surface area contributed by atoms with Crippen LogP contribution in [-0.2, 0) is 10.0 Å². The summed E-state index contributed by atoms with van der Waals surface area (Å²) in [6.07, 6.45) is 0. The largest absolute Gasteiger partial charge is 0.269 e. The molecule has 3 nitrogen and oxygen atoms in total. The van der Waals surface area contributed by atoms with Crippen molar-refractivity contribution in [1.82, 2.24) is 0 Å². The van der Waals surface area contributed by atoms with Gasteiger partial charge in [0.2, 0.25) is 0 Å². The Morgan fingerprint density at radius 1 is 1.11 bits per heavy atom. The molecule has 6 heteroatoms. The molecule has 0 saturated carbocycles. The number of benzene rings is 2. The third-order valence-electron chi connectivity index (χ3n) is 2.65. The van der Waals surface area contributed by atoms with Gasteiger partial charge in [0.05, 0.1) is 5.69 Å². The highest BCUT2D eigenvalue weighted by molar-refractivity contribution is 9.10. The van der Waals surface area contributed by atoms with Gasteiger partial charge >= 0.3 is 0 Å². The van der Waals surface area contributed by atoms with Crippen molar-refractivity contribution in [3.8, 4) is 0 Å². The molecule has 0 N–H and O–H groups in total. The summed E-state index contributed by atoms with van der Waals surface area (Å²) in [5.74, 6) is -0.492. The van der Waals surface area contributed by atoms with Crippen LogP contribution in [0.3, 0.4) is 0 Å². The number of rotatable bonds is 3. The van der Waals surface area contributed by atoms with E-state index in [4.69, 9.17) is 0 Å². The first-order chi connectivity index (χ1) is 8.93. The molecule has 0 unspecified atom stereocenters. The quantitative estimate of drug-likeness (QED) is 0.856. The van der Waals surface area contributed by atoms with Gasteiger partial charge in [-0.2, -0.15) is 0 Å². The summed E-state index contributed by atoms with van der Waals surface area (Å²) in [6, 6.07) is 12.2. The van der Waals surface area contributed by atoms with E-state index in [0.717, 1.165) is 16.4 Å². The molecular formula is C13H11BrFNO2S. The molecular weight excluding hydrogens is 333 g/mol. The molecule has 0 amide bonds. The number of hydrogen-bond acceptors (Lipinski definition) is 2. The lowest BCUT2D eigenvalue weighted by molar-refractivity contribution is 0.592. The predicted octanol–water partition coefficient (Wildman–Crippen LogP) is 3.41. The van der Waals surface area contributed by atoms with Crippen LogP contribution in [0.25, 0.3) is 0 Å². The van der Waals surface area contributed by atoms with Crippen molar-refractivity contribution in [2.24, 2.45) is 0 Å². The Bertz CT molecular complexity index is 689. The third-order valence-corrected chi connectivity index (χ3v) is 5.41. The second-order valence-corrected chi connectivity index (χ2v) is 6.67. The molecule has 0 aliphatic carbocycles. The molecule has 0 fully saturated rings. The smallest absolute Gasteiger partial charge is 0.265 e. The van der Waals surface area contributed by atoms with Crippen molar-refractivity contribution >= 4 is 31.6 Å². The number of nitrogens with zero attached hydrogens (tertiary/aromatic N) is 1. The van der Waals surface area contributed by atoms with E-state index in [1.165, 1.54) is 13.1 Å². The zero-order valence-electron chi connectivity index (χ0n) is 10.0. The van der Waals surface area contributed by atoms with E-state index < -0.39 is 15.8 Å². The van der Waals surface area contributed by atoms with E-state index in [0.29, 0.717) is 5.69 Å². The van der Waals surface area contributed by atoms with E-state index in [9.17, 15) is 12.8 Å². The maximum Gasteiger partial charge on any atom is 0.265 e. The van der Waals surface area contributed by atoms with Gasteiger partial charge in [0, 0.05) is 11.5 Å². The van der Waals surface area contributed by atoms with E-state index in [2.05, 4.69) is 15.9 Å². The minimum Gasteiger partial charge on any atom is -0.269 e. The Hall–Kier alpha value is -1.40. The van der Waals surface area contributed by atoms with Crippen molar-refractivity contribution in [2.45, 2.75) is 4.90 Å². The molecule has 0 atom stereocenters. The minimum atomic E-state index is -3.72. The van der Waals surface area contributed by atoms with Crippen LogP contribution in [0.4, 0.5) is 10.1 Å². The number of para-hydroxylation sites is 1. The fourth-order valence-corrected chi connectivity index (χ4v) is 3.81. The molecule has 0 spiro atoms. The Labute approximate surface area is 119 Å². The van der Waals surface area contributed by atoms with Gasteiger partial charge in [0.1, 0.15) is 10.7 Å². The molecule has 0 aliphatic rings. The highest BCUT2D eigenvalue weighted by Gasteiger charge is 2.23. The van der Waals surface area contributed by atoms with Gasteiger partial charge in [0.25, 0.3) is 10.0 Å². The maximum absolute atomic E-state index is 13.0. The lowest BCUT2D eigenvalue weighted by Gasteiger charge is -2.20. The average Bonchev–Trinajstić information content (AvgIpc) is 2.38. The third kappa shape index (κ3) is 2.79. The van der Waals surface area contributed by atoms with E-state index in [1.54, 1.807) is 30.3 Å². The lowest BCUT2D eigenvalue weighted by Crippen LogP contribution is -2.26. The van der Waals surface area contributed by atoms with Gasteiger partial charge in [-0.05, 0) is 46.3 Å². The normalized spacial score (nSPS) is 11.3. The van der Waals surface area contributed by atoms with Gasteiger partial charge in [-0.25, -0.2) is 12.8 Å². The summed E-state index contributed by atoms with van der Waals surface area (Å²) in [4.78, 5) is 0.0280. The van der Waals surface area contributed by atoms with Gasteiger partial charge < -0.3 is 0 Å². The summed E-state index contributed by atoms with van der Waals surface area (Å²) >= 11 is 3.08. The summed E-state index contributed by atoms with van der Waals surface area (Å²) in [7, 11) is -2.26. The van der Waals surface area contributed by atoms with Gasteiger partial charge in [0.15, 0.2) is 0 Å². The standard InChI is InChI=1S/C13H11BrFNO2S/c1-16(11-5-3-2-4-6-11)19(17,18)13-8-7-10(15)9-12(13)14/h2-9H,1H3. The molecule has 0 heterocycles. The van der Waals surface area contributed by atoms with E-state index in [1.807, 2.05) is 0 Å². The van der Waals surface area contributed by atoms with Gasteiger partial charge in [-0.3, -0.25) is 4.31 Å². The lowest BCUT2D eigenvalue weighted by atomic mass is 10.3. The van der Waals surface area contributed by atoms with Crippen LogP contribution in [0.1, 0.15) is 0 Å². The molecule has 2 rings (SSSR count). The fraction of sp³-hybridized carbons (Fsp3) is 0.0769. The van der Waals surface area contributed by atoms with Crippen molar-refractivity contribution in [2.75, 3.05) is 11.4 Å². The first-order valence-electron chi connectivity index (χ1n) is 5.42. The number of hydrogen-bond donors (Lipinski definition) is 0. The van der Waals surface area contributed by atoms with Crippen LogP contribution < -0.4 is 4.31 Å². The molecule has 0 bridgehead atoms. The first-order valence-corrected chi connectivity index (χ1v) is 7.65. The van der Waals surface area contributed by atoms with Crippen molar-refractivity contribution in [1.29, 1.82) is 0 Å². The monoisotopic (exact) mass is 343 g/mol. The highest BCUT2D eigenvalue weighted by Crippen LogP contribution is 2.28. The zero-order valence-corrected chi connectivity index (χ0v) is 12.4. The summed E-state index contributed by atoms with van der Waals surface area (Å²) < 4.78 is 39.3. The second kappa shape index (κ2) is 5.30. The van der Waals surface area contributed by atoms with Crippen LogP contribution >= 0.6 is 15.9 Å². The van der Waals surface area contributed by atoms with Gasteiger partial charge in [-0.15, -0.1) is 0 Å². The Morgan fingerprint density at radius 3 is 2.32 bits per heavy atom. The van der Waals surface area contributed by atoms with Crippen molar-refractivity contribution in [3.63, 3.8) is 0 Å². The van der Waals surface area contributed by atoms with E-state index in [-0.39, 0.29) is 9.37 Å². The molecule has 0 radical (unpaired) electrons. The van der Waals surface area contributed by atoms with Crippen LogP contribution in [0.15, 0.2) is 57.9 Å². The summed E-state index contributed by atoms with van der Waals surface area (Å²) in [5.41, 5.74) is 0.540. The van der Waals surface area contributed by atoms with Crippen molar-refractivity contribution in [3.05, 3.63) is 58.8 Å². The SMILES string of the molecule is CN(c1ccccc1)S(=O)(=O)c1ccc(F)cc1Br. The Kier molecular flexibility index (Phi) is 3.91. The molecule has 0 aromatic heterocycles. The molecule has 2 aromatic carbocycles. The molecule has 19 heavy (non-hydrogen) atoms. The van der Waals surface area contributed by atoms with Crippen LogP contribution in [0, 0.1) is 5.82 Å². The molecule has 0 aliphatic heterocycles. The minimum absolute atomic E-state index is 0.0280. The Balaban J connectivity index is 2.48. The summed E-state index contributed by atoms with van der Waals surface area (Å²) in [5, 5.41) is 0. The van der Waals surface area contributed by atoms with Crippen LogP contribution in [-0.4, -0.2) is 15.5 Å². The Morgan fingerprint density at radius 2 is 1.74 bits per heavy atom. The fourth-order valence-electron chi connectivity index (χ4n) is 1.61. The second-order valence-electron chi connectivity index (χ2n) is 3.88. The highest BCUT2D eigenvalue weighted by atomic mass is 79.9. The zero-order chi connectivity index (χ0) is 14.0. The number of halogens is 2.